The molecule has 0 saturated carbocycles. The highest BCUT2D eigenvalue weighted by atomic mass is 16.5. The molecular weight excluding hydrogens is 272 g/mol. The Bertz CT molecular complexity index is 495. The summed E-state index contributed by atoms with van der Waals surface area (Å²) in [5, 5.41) is 8.89. The number of aliphatic carboxylic acids is 1. The molecule has 0 radical (unpaired) electrons. The first-order valence-electron chi connectivity index (χ1n) is 7.25. The first kappa shape index (κ1) is 15.5. The summed E-state index contributed by atoms with van der Waals surface area (Å²) in [6, 6.07) is 0. The van der Waals surface area contributed by atoms with Gasteiger partial charge in [-0.3, -0.25) is 9.69 Å². The van der Waals surface area contributed by atoms with Gasteiger partial charge >= 0.3 is 5.97 Å². The average Bonchev–Trinajstić information content (AvgIpc) is 2.66. The van der Waals surface area contributed by atoms with E-state index in [9.17, 15) is 4.79 Å². The zero-order chi connectivity index (χ0) is 15.2. The van der Waals surface area contributed by atoms with E-state index in [1.807, 2.05) is 18.7 Å². The van der Waals surface area contributed by atoms with E-state index in [0.717, 1.165) is 44.0 Å². The maximum atomic E-state index is 10.8. The lowest BCUT2D eigenvalue weighted by Crippen LogP contribution is -2.34. The third kappa shape index (κ3) is 4.04. The molecule has 0 atom stereocenters. The van der Waals surface area contributed by atoms with E-state index in [-0.39, 0.29) is 6.54 Å². The molecule has 0 unspecified atom stereocenters. The summed E-state index contributed by atoms with van der Waals surface area (Å²) in [6.07, 6.45) is 2.44. The molecule has 1 aromatic heterocycles. The van der Waals surface area contributed by atoms with E-state index in [1.54, 1.807) is 0 Å². The van der Waals surface area contributed by atoms with Crippen LogP contribution in [0, 0.1) is 6.92 Å². The predicted molar refractivity (Wildman–Crippen MR) is 78.8 cm³/mol. The summed E-state index contributed by atoms with van der Waals surface area (Å²) in [5.74, 6) is 0.722. The zero-order valence-electron chi connectivity index (χ0n) is 12.6. The van der Waals surface area contributed by atoms with Gasteiger partial charge in [0.25, 0.3) is 0 Å². The van der Waals surface area contributed by atoms with Crippen LogP contribution in [0.3, 0.4) is 0 Å². The van der Waals surface area contributed by atoms with Gasteiger partial charge < -0.3 is 14.7 Å². The van der Waals surface area contributed by atoms with Gasteiger partial charge in [-0.15, -0.1) is 0 Å². The molecule has 7 heteroatoms. The van der Waals surface area contributed by atoms with Crippen molar-refractivity contribution in [3.63, 3.8) is 0 Å². The normalized spacial score (nSPS) is 16.6. The number of carboxylic acids is 1. The highest BCUT2D eigenvalue weighted by Crippen LogP contribution is 2.24. The van der Waals surface area contributed by atoms with Crippen molar-refractivity contribution in [2.75, 3.05) is 44.2 Å². The van der Waals surface area contributed by atoms with Gasteiger partial charge in [-0.05, 0) is 20.3 Å². The van der Waals surface area contributed by atoms with Gasteiger partial charge in [-0.2, -0.15) is 0 Å². The van der Waals surface area contributed by atoms with Gasteiger partial charge in [0.05, 0.1) is 18.7 Å². The third-order valence-electron chi connectivity index (χ3n) is 3.54. The molecule has 0 amide bonds. The number of aromatic nitrogens is 2. The minimum atomic E-state index is -0.778. The summed E-state index contributed by atoms with van der Waals surface area (Å²) in [5.41, 5.74) is 0.936. The van der Waals surface area contributed by atoms with Crippen LogP contribution in [0.5, 0.6) is 5.88 Å². The molecule has 0 aliphatic carbocycles. The number of carbonyl (C=O) groups is 1. The SMILES string of the molecule is CCOc1ncnc(N2CCCN(CC(=O)O)CC2)c1C. The number of nitrogens with zero attached hydrogens (tertiary/aromatic N) is 4. The summed E-state index contributed by atoms with van der Waals surface area (Å²) >= 11 is 0. The van der Waals surface area contributed by atoms with Crippen LogP contribution in [0.4, 0.5) is 5.82 Å². The lowest BCUT2D eigenvalue weighted by atomic mass is 10.3. The van der Waals surface area contributed by atoms with Crippen molar-refractivity contribution in [1.82, 2.24) is 14.9 Å². The molecule has 1 N–H and O–H groups in total. The molecule has 0 bridgehead atoms. The Balaban J connectivity index is 2.08. The van der Waals surface area contributed by atoms with Gasteiger partial charge in [0.1, 0.15) is 12.1 Å². The van der Waals surface area contributed by atoms with Crippen molar-refractivity contribution in [2.45, 2.75) is 20.3 Å². The van der Waals surface area contributed by atoms with E-state index in [2.05, 4.69) is 14.9 Å². The molecule has 116 valence electrons. The van der Waals surface area contributed by atoms with Gasteiger partial charge in [0, 0.05) is 26.2 Å². The molecule has 1 aromatic rings. The molecule has 1 aliphatic rings. The Labute approximate surface area is 124 Å². The highest BCUT2D eigenvalue weighted by molar-refractivity contribution is 5.69. The number of rotatable bonds is 5. The Morgan fingerprint density at radius 2 is 2.14 bits per heavy atom. The number of hydrogen-bond acceptors (Lipinski definition) is 6. The quantitative estimate of drug-likeness (QED) is 0.859. The van der Waals surface area contributed by atoms with Crippen LogP contribution in [0.2, 0.25) is 0 Å². The van der Waals surface area contributed by atoms with Crippen LogP contribution < -0.4 is 9.64 Å². The molecule has 0 aromatic carbocycles. The summed E-state index contributed by atoms with van der Waals surface area (Å²) in [6.45, 7) is 7.70. The lowest BCUT2D eigenvalue weighted by molar-refractivity contribution is -0.138. The molecule has 2 heterocycles. The summed E-state index contributed by atoms with van der Waals surface area (Å²) < 4.78 is 5.51. The number of hydrogen-bond donors (Lipinski definition) is 1. The van der Waals surface area contributed by atoms with Crippen LogP contribution in [0.15, 0.2) is 6.33 Å². The van der Waals surface area contributed by atoms with Crippen LogP contribution in [0.1, 0.15) is 18.9 Å². The fourth-order valence-corrected chi connectivity index (χ4v) is 2.56. The van der Waals surface area contributed by atoms with Crippen molar-refractivity contribution >= 4 is 11.8 Å². The second-order valence-electron chi connectivity index (χ2n) is 5.07. The maximum Gasteiger partial charge on any atom is 0.317 e. The molecular formula is C14H22N4O3. The first-order valence-corrected chi connectivity index (χ1v) is 7.25. The standard InChI is InChI=1S/C14H22N4O3/c1-3-21-14-11(2)13(15-10-16-14)18-6-4-5-17(7-8-18)9-12(19)20/h10H,3-9H2,1-2H3,(H,19,20). The lowest BCUT2D eigenvalue weighted by Gasteiger charge is -2.24. The first-order chi connectivity index (χ1) is 10.1. The van der Waals surface area contributed by atoms with Crippen LogP contribution in [-0.4, -0.2) is 65.3 Å². The topological polar surface area (TPSA) is 78.8 Å². The minimum absolute atomic E-state index is 0.0980. The molecule has 1 saturated heterocycles. The van der Waals surface area contributed by atoms with Gasteiger partial charge in [0.15, 0.2) is 0 Å². The Morgan fingerprint density at radius 1 is 1.33 bits per heavy atom. The van der Waals surface area contributed by atoms with Crippen molar-refractivity contribution in [1.29, 1.82) is 0 Å². The van der Waals surface area contributed by atoms with Crippen molar-refractivity contribution in [3.05, 3.63) is 11.9 Å². The van der Waals surface area contributed by atoms with Crippen molar-refractivity contribution in [2.24, 2.45) is 0 Å². The van der Waals surface area contributed by atoms with Crippen LogP contribution in [0.25, 0.3) is 0 Å². The van der Waals surface area contributed by atoms with Crippen molar-refractivity contribution < 1.29 is 14.6 Å². The van der Waals surface area contributed by atoms with Crippen molar-refractivity contribution in [3.8, 4) is 5.88 Å². The highest BCUT2D eigenvalue weighted by Gasteiger charge is 2.20. The monoisotopic (exact) mass is 294 g/mol. The second-order valence-corrected chi connectivity index (χ2v) is 5.07. The molecule has 7 nitrogen and oxygen atoms in total. The summed E-state index contributed by atoms with van der Waals surface area (Å²) in [7, 11) is 0. The minimum Gasteiger partial charge on any atom is -0.480 e. The largest absolute Gasteiger partial charge is 0.480 e. The third-order valence-corrected chi connectivity index (χ3v) is 3.54. The summed E-state index contributed by atoms with van der Waals surface area (Å²) in [4.78, 5) is 23.5. The van der Waals surface area contributed by atoms with E-state index < -0.39 is 5.97 Å². The molecule has 21 heavy (non-hydrogen) atoms. The maximum absolute atomic E-state index is 10.8. The number of ether oxygens (including phenoxy) is 1. The average molecular weight is 294 g/mol. The van der Waals surface area contributed by atoms with Crippen LogP contribution >= 0.6 is 0 Å². The van der Waals surface area contributed by atoms with E-state index in [4.69, 9.17) is 9.84 Å². The van der Waals surface area contributed by atoms with Crippen LogP contribution in [-0.2, 0) is 4.79 Å². The van der Waals surface area contributed by atoms with Gasteiger partial charge in [-0.25, -0.2) is 9.97 Å². The smallest absolute Gasteiger partial charge is 0.317 e. The zero-order valence-corrected chi connectivity index (χ0v) is 12.6. The predicted octanol–water partition coefficient (Wildman–Crippen LogP) is 0.780. The molecule has 0 spiro atoms. The fraction of sp³-hybridized carbons (Fsp3) is 0.643. The van der Waals surface area contributed by atoms with E-state index in [0.29, 0.717) is 12.5 Å². The fourth-order valence-electron chi connectivity index (χ4n) is 2.56. The Kier molecular flexibility index (Phi) is 5.32. The molecule has 2 rings (SSSR count). The Morgan fingerprint density at radius 3 is 2.86 bits per heavy atom. The van der Waals surface area contributed by atoms with E-state index in [1.165, 1.54) is 6.33 Å². The molecule has 1 aliphatic heterocycles. The number of carboxylic acid groups (broad SMARTS) is 1. The van der Waals surface area contributed by atoms with Gasteiger partial charge in [-0.1, -0.05) is 0 Å². The van der Waals surface area contributed by atoms with E-state index >= 15 is 0 Å². The number of anilines is 1. The second kappa shape index (κ2) is 7.21. The Hall–Kier alpha value is -1.89. The molecule has 1 fully saturated rings. The van der Waals surface area contributed by atoms with Gasteiger partial charge in [0.2, 0.25) is 5.88 Å².